The van der Waals surface area contributed by atoms with Crippen molar-refractivity contribution in [2.75, 3.05) is 6.61 Å². The van der Waals surface area contributed by atoms with E-state index in [0.29, 0.717) is 18.4 Å². The minimum atomic E-state index is -0.490. The molecule has 8 rings (SSSR count). The van der Waals surface area contributed by atoms with Crippen LogP contribution in [0.5, 0.6) is 5.75 Å². The Bertz CT molecular complexity index is 2140. The van der Waals surface area contributed by atoms with Crippen LogP contribution in [0.15, 0.2) is 155 Å². The van der Waals surface area contributed by atoms with Crippen LogP contribution in [0.3, 0.4) is 0 Å². The largest absolute Gasteiger partial charge is 0.508 e. The van der Waals surface area contributed by atoms with Crippen LogP contribution in [-0.2, 0) is 10.2 Å². The predicted octanol–water partition coefficient (Wildman–Crippen LogP) is 11.2. The number of hydrogen-bond acceptors (Lipinski definition) is 4. The molecule has 0 radical (unpaired) electrons. The standard InChI is InChI=1S/C47H46N2O2/c1-3-5-16-32(4-2)31-51-44-30-42(48-46(49-44)39-23-14-15-24-43(39)50)34-25-27-38-41(29-34)47(35-18-8-6-9-19-35,36-20-10-7-11-21-36)40-28-26-33-17-12-13-22-37(33)45(38)40/h6-15,17-24,26,28-30,32,46,48,50H,3-5,16,25,27,31H2,1-2H3. The summed E-state index contributed by atoms with van der Waals surface area (Å²) in [6.07, 6.45) is 10.5. The van der Waals surface area contributed by atoms with E-state index in [4.69, 9.17) is 9.73 Å². The van der Waals surface area contributed by atoms with Crippen LogP contribution in [-0.4, -0.2) is 17.6 Å². The fourth-order valence-electron chi connectivity index (χ4n) is 8.49. The molecule has 5 aromatic rings. The average Bonchev–Trinajstić information content (AvgIpc) is 3.49. The number of phenolic OH excluding ortho intramolecular Hbond substituents is 1. The van der Waals surface area contributed by atoms with E-state index in [2.05, 4.69) is 128 Å². The van der Waals surface area contributed by atoms with E-state index in [0.717, 1.165) is 36.9 Å². The first-order valence-electron chi connectivity index (χ1n) is 18.7. The zero-order valence-electron chi connectivity index (χ0n) is 29.6. The Hall–Kier alpha value is -5.35. The van der Waals surface area contributed by atoms with Crippen molar-refractivity contribution in [3.05, 3.63) is 178 Å². The summed E-state index contributed by atoms with van der Waals surface area (Å²) in [5.41, 5.74) is 10.4. The lowest BCUT2D eigenvalue weighted by Crippen LogP contribution is -2.31. The topological polar surface area (TPSA) is 53.9 Å². The summed E-state index contributed by atoms with van der Waals surface area (Å²) >= 11 is 0. The van der Waals surface area contributed by atoms with Gasteiger partial charge in [0, 0.05) is 17.3 Å². The molecule has 3 aliphatic rings. The minimum absolute atomic E-state index is 0.224. The van der Waals surface area contributed by atoms with Crippen molar-refractivity contribution in [2.45, 2.75) is 64.0 Å². The molecular weight excluding hydrogens is 625 g/mol. The molecule has 1 aliphatic heterocycles. The smallest absolute Gasteiger partial charge is 0.213 e. The quantitative estimate of drug-likeness (QED) is 0.155. The second-order valence-corrected chi connectivity index (χ2v) is 14.1. The maximum absolute atomic E-state index is 10.9. The van der Waals surface area contributed by atoms with Crippen molar-refractivity contribution in [1.82, 2.24) is 5.32 Å². The SMILES string of the molecule is CCCCC(CC)COC1=NC(c2ccccc2O)NC(C2=CC3=C(CC2)c2c(ccc4ccccc24)C3(c2ccccc2)c2ccccc2)=C1. The van der Waals surface area contributed by atoms with Crippen LogP contribution < -0.4 is 5.32 Å². The number of benzene rings is 5. The monoisotopic (exact) mass is 670 g/mol. The van der Waals surface area contributed by atoms with E-state index in [-0.39, 0.29) is 5.75 Å². The number of rotatable bonds is 10. The molecule has 2 N–H and O–H groups in total. The number of nitrogens with zero attached hydrogens (tertiary/aromatic N) is 1. The molecule has 0 fully saturated rings. The highest BCUT2D eigenvalue weighted by molar-refractivity contribution is 6.02. The van der Waals surface area contributed by atoms with E-state index in [9.17, 15) is 5.11 Å². The van der Waals surface area contributed by atoms with Crippen molar-refractivity contribution in [3.63, 3.8) is 0 Å². The fraction of sp³-hybridized carbons (Fsp3) is 0.255. The highest BCUT2D eigenvalue weighted by Gasteiger charge is 2.48. The molecule has 51 heavy (non-hydrogen) atoms. The van der Waals surface area contributed by atoms with Gasteiger partial charge in [0.15, 0.2) is 6.17 Å². The lowest BCUT2D eigenvalue weighted by Gasteiger charge is -2.36. The second kappa shape index (κ2) is 14.1. The number of hydrogen-bond donors (Lipinski definition) is 2. The van der Waals surface area contributed by atoms with Crippen LogP contribution in [0.1, 0.15) is 86.4 Å². The fourth-order valence-corrected chi connectivity index (χ4v) is 8.49. The predicted molar refractivity (Wildman–Crippen MR) is 210 cm³/mol. The Balaban J connectivity index is 1.29. The van der Waals surface area contributed by atoms with Crippen LogP contribution >= 0.6 is 0 Å². The maximum atomic E-state index is 10.9. The summed E-state index contributed by atoms with van der Waals surface area (Å²) in [6, 6.07) is 43.0. The number of para-hydroxylation sites is 1. The van der Waals surface area contributed by atoms with Crippen molar-refractivity contribution in [1.29, 1.82) is 0 Å². The molecule has 5 aromatic carbocycles. The number of aromatic hydroxyl groups is 1. The lowest BCUT2D eigenvalue weighted by atomic mass is 9.66. The van der Waals surface area contributed by atoms with E-state index in [1.807, 2.05) is 18.2 Å². The first kappa shape index (κ1) is 32.8. The third-order valence-corrected chi connectivity index (χ3v) is 11.1. The number of nitrogens with one attached hydrogen (secondary N) is 1. The molecule has 0 saturated heterocycles. The zero-order valence-corrected chi connectivity index (χ0v) is 29.6. The molecule has 2 atom stereocenters. The summed E-state index contributed by atoms with van der Waals surface area (Å²) in [5, 5.41) is 17.2. The minimum Gasteiger partial charge on any atom is -0.508 e. The molecule has 0 bridgehead atoms. The summed E-state index contributed by atoms with van der Waals surface area (Å²) < 4.78 is 6.52. The Morgan fingerprint density at radius 3 is 2.24 bits per heavy atom. The normalized spacial score (nSPS) is 18.2. The molecule has 0 aromatic heterocycles. The van der Waals surface area contributed by atoms with Crippen molar-refractivity contribution in [2.24, 2.45) is 10.9 Å². The average molecular weight is 671 g/mol. The van der Waals surface area contributed by atoms with Gasteiger partial charge in [-0.1, -0.05) is 154 Å². The third-order valence-electron chi connectivity index (χ3n) is 11.1. The summed E-state index contributed by atoms with van der Waals surface area (Å²) in [6.45, 7) is 5.12. The van der Waals surface area contributed by atoms with Gasteiger partial charge in [0.05, 0.1) is 12.0 Å². The van der Waals surface area contributed by atoms with Crippen molar-refractivity contribution in [3.8, 4) is 5.75 Å². The van der Waals surface area contributed by atoms with Gasteiger partial charge in [-0.25, -0.2) is 4.99 Å². The van der Waals surface area contributed by atoms with Gasteiger partial charge < -0.3 is 15.2 Å². The Labute approximate surface area is 301 Å². The van der Waals surface area contributed by atoms with Crippen LogP contribution in [0.4, 0.5) is 0 Å². The summed E-state index contributed by atoms with van der Waals surface area (Å²) in [7, 11) is 0. The van der Waals surface area contributed by atoms with E-state index in [1.54, 1.807) is 6.07 Å². The molecule has 256 valence electrons. The first-order valence-corrected chi connectivity index (χ1v) is 18.7. The van der Waals surface area contributed by atoms with Crippen LogP contribution in [0, 0.1) is 5.92 Å². The van der Waals surface area contributed by atoms with Gasteiger partial charge in [0.1, 0.15) is 5.75 Å². The molecule has 2 unspecified atom stereocenters. The Morgan fingerprint density at radius 1 is 0.804 bits per heavy atom. The molecule has 0 amide bonds. The Kier molecular flexibility index (Phi) is 9.08. The molecule has 4 heteroatoms. The van der Waals surface area contributed by atoms with Gasteiger partial charge >= 0.3 is 0 Å². The first-order chi connectivity index (χ1) is 25.1. The van der Waals surface area contributed by atoms with Crippen LogP contribution in [0.2, 0.25) is 0 Å². The number of allylic oxidation sites excluding steroid dienone is 4. The number of unbranched alkanes of at least 4 members (excludes halogenated alkanes) is 1. The lowest BCUT2D eigenvalue weighted by molar-refractivity contribution is 0.221. The van der Waals surface area contributed by atoms with Gasteiger partial charge in [0.2, 0.25) is 5.90 Å². The highest BCUT2D eigenvalue weighted by Crippen LogP contribution is 2.59. The number of phenols is 1. The summed E-state index contributed by atoms with van der Waals surface area (Å²) in [5.74, 6) is 1.32. The highest BCUT2D eigenvalue weighted by atomic mass is 16.5. The van der Waals surface area contributed by atoms with E-state index in [1.165, 1.54) is 62.6 Å². The second-order valence-electron chi connectivity index (χ2n) is 14.1. The zero-order chi connectivity index (χ0) is 34.8. The number of ether oxygens (including phenoxy) is 1. The Morgan fingerprint density at radius 2 is 1.51 bits per heavy atom. The van der Waals surface area contributed by atoms with E-state index < -0.39 is 11.6 Å². The molecular formula is C47H46N2O2. The van der Waals surface area contributed by atoms with Crippen molar-refractivity contribution < 1.29 is 9.84 Å². The maximum Gasteiger partial charge on any atom is 0.213 e. The molecule has 0 saturated carbocycles. The summed E-state index contributed by atoms with van der Waals surface area (Å²) in [4.78, 5) is 5.01. The molecule has 4 nitrogen and oxygen atoms in total. The molecule has 0 spiro atoms. The van der Waals surface area contributed by atoms with Crippen molar-refractivity contribution >= 4 is 22.2 Å². The molecule has 1 heterocycles. The number of fused-ring (bicyclic) bond motifs is 4. The van der Waals surface area contributed by atoms with Gasteiger partial charge in [-0.15, -0.1) is 0 Å². The van der Waals surface area contributed by atoms with Crippen LogP contribution in [0.25, 0.3) is 16.3 Å². The van der Waals surface area contributed by atoms with Gasteiger partial charge in [-0.3, -0.25) is 0 Å². The van der Waals surface area contributed by atoms with E-state index >= 15 is 0 Å². The van der Waals surface area contributed by atoms with Gasteiger partial charge in [-0.05, 0) is 81.0 Å². The van der Waals surface area contributed by atoms with Gasteiger partial charge in [-0.2, -0.15) is 0 Å². The number of aliphatic imine (C=N–C) groups is 1. The van der Waals surface area contributed by atoms with Gasteiger partial charge in [0.25, 0.3) is 0 Å². The third kappa shape index (κ3) is 5.87. The molecule has 2 aliphatic carbocycles.